The number of ether oxygens (including phenoxy) is 1. The summed E-state index contributed by atoms with van der Waals surface area (Å²) in [5, 5.41) is 14.9. The third-order valence-electron chi connectivity index (χ3n) is 7.45. The van der Waals surface area contributed by atoms with Crippen LogP contribution in [0.5, 0.6) is 0 Å². The highest BCUT2D eigenvalue weighted by Gasteiger charge is 2.46. The maximum atomic E-state index is 9.12. The molecular formula is C25H30ClN5O2S. The quantitative estimate of drug-likeness (QED) is 0.523. The van der Waals surface area contributed by atoms with Crippen LogP contribution in [0, 0.1) is 11.3 Å². The van der Waals surface area contributed by atoms with Gasteiger partial charge in [0.2, 0.25) is 0 Å². The number of halogens is 1. The Kier molecular flexibility index (Phi) is 6.84. The molecule has 1 spiro atoms. The fourth-order valence-electron chi connectivity index (χ4n) is 5.03. The van der Waals surface area contributed by atoms with Crippen LogP contribution in [0.25, 0.3) is 11.1 Å². The van der Waals surface area contributed by atoms with E-state index < -0.39 is 0 Å². The Morgan fingerprint density at radius 3 is 2.68 bits per heavy atom. The second-order valence-corrected chi connectivity index (χ2v) is 10.7. The zero-order chi connectivity index (χ0) is 23.7. The molecule has 2 fully saturated rings. The third kappa shape index (κ3) is 4.56. The summed E-state index contributed by atoms with van der Waals surface area (Å²) in [5.74, 6) is 1.53. The summed E-state index contributed by atoms with van der Waals surface area (Å²) in [4.78, 5) is 12.6. The minimum Gasteiger partial charge on any atom is -0.394 e. The molecule has 0 unspecified atom stereocenters. The molecule has 2 aliphatic heterocycles. The van der Waals surface area contributed by atoms with Gasteiger partial charge in [-0.1, -0.05) is 42.4 Å². The third-order valence-corrected chi connectivity index (χ3v) is 8.95. The van der Waals surface area contributed by atoms with E-state index in [1.54, 1.807) is 10.9 Å². The van der Waals surface area contributed by atoms with Gasteiger partial charge in [-0.15, -0.1) is 0 Å². The van der Waals surface area contributed by atoms with Gasteiger partial charge < -0.3 is 14.7 Å². The van der Waals surface area contributed by atoms with Crippen molar-refractivity contribution in [2.45, 2.75) is 49.3 Å². The molecule has 0 radical (unpaired) electrons. The molecule has 180 valence electrons. The van der Waals surface area contributed by atoms with Crippen molar-refractivity contribution in [2.24, 2.45) is 11.3 Å². The predicted molar refractivity (Wildman–Crippen MR) is 134 cm³/mol. The number of aliphatic hydroxyl groups excluding tert-OH is 1. The molecule has 2 atom stereocenters. The minimum atomic E-state index is 0.0461. The number of rotatable bonds is 6. The van der Waals surface area contributed by atoms with Crippen molar-refractivity contribution in [1.82, 2.24) is 19.7 Å². The monoisotopic (exact) mass is 499 g/mol. The van der Waals surface area contributed by atoms with Crippen LogP contribution in [-0.2, 0) is 11.3 Å². The zero-order valence-electron chi connectivity index (χ0n) is 19.5. The van der Waals surface area contributed by atoms with Crippen LogP contribution in [0.3, 0.4) is 0 Å². The molecule has 9 heteroatoms. The van der Waals surface area contributed by atoms with Gasteiger partial charge in [-0.05, 0) is 31.7 Å². The number of aliphatic hydroxyl groups is 1. The molecule has 4 heterocycles. The van der Waals surface area contributed by atoms with Crippen LogP contribution in [-0.4, -0.2) is 57.3 Å². The van der Waals surface area contributed by atoms with Gasteiger partial charge in [-0.25, -0.2) is 9.97 Å². The van der Waals surface area contributed by atoms with Crippen LogP contribution >= 0.6 is 23.4 Å². The Hall–Kier alpha value is -2.13. The number of hydrogen-bond donors (Lipinski definition) is 1. The molecule has 2 saturated heterocycles. The number of benzene rings is 1. The Morgan fingerprint density at radius 2 is 2.00 bits per heavy atom. The van der Waals surface area contributed by atoms with E-state index in [1.165, 1.54) is 11.8 Å². The highest BCUT2D eigenvalue weighted by Crippen LogP contribution is 2.46. The van der Waals surface area contributed by atoms with E-state index >= 15 is 0 Å². The molecule has 2 aliphatic rings. The van der Waals surface area contributed by atoms with Gasteiger partial charge in [0, 0.05) is 40.7 Å². The molecular weight excluding hydrogens is 470 g/mol. The molecule has 0 saturated carbocycles. The lowest BCUT2D eigenvalue weighted by molar-refractivity contribution is 0.0969. The van der Waals surface area contributed by atoms with Gasteiger partial charge in [-0.2, -0.15) is 5.10 Å². The Labute approximate surface area is 209 Å². The predicted octanol–water partition coefficient (Wildman–Crippen LogP) is 4.78. The number of anilines is 1. The summed E-state index contributed by atoms with van der Waals surface area (Å²) >= 11 is 8.24. The van der Waals surface area contributed by atoms with E-state index in [1.807, 2.05) is 36.8 Å². The first-order valence-corrected chi connectivity index (χ1v) is 13.0. The van der Waals surface area contributed by atoms with Gasteiger partial charge >= 0.3 is 0 Å². The molecule has 2 aromatic heterocycles. The van der Waals surface area contributed by atoms with E-state index in [2.05, 4.69) is 28.8 Å². The van der Waals surface area contributed by atoms with E-state index in [0.717, 1.165) is 59.4 Å². The SMILES string of the molecule is C[C@@H]1OCC2(CCN(c3cnc(Sc4cccc(-c5cnn(CCO)c5)c4Cl)cn3)CC2)[C@@H]1C. The highest BCUT2D eigenvalue weighted by atomic mass is 35.5. The lowest BCUT2D eigenvalue weighted by atomic mass is 9.70. The van der Waals surface area contributed by atoms with Crippen molar-refractivity contribution in [3.05, 3.63) is 48.0 Å². The highest BCUT2D eigenvalue weighted by molar-refractivity contribution is 7.99. The van der Waals surface area contributed by atoms with Crippen molar-refractivity contribution in [1.29, 1.82) is 0 Å². The topological polar surface area (TPSA) is 76.3 Å². The van der Waals surface area contributed by atoms with Crippen LogP contribution in [0.4, 0.5) is 5.82 Å². The molecule has 1 N–H and O–H groups in total. The fraction of sp³-hybridized carbons (Fsp3) is 0.480. The van der Waals surface area contributed by atoms with Crippen LogP contribution in [0.1, 0.15) is 26.7 Å². The van der Waals surface area contributed by atoms with Gasteiger partial charge in [0.25, 0.3) is 0 Å². The molecule has 0 bridgehead atoms. The Bertz CT molecular complexity index is 1130. The number of aromatic nitrogens is 4. The Balaban J connectivity index is 1.25. The fourth-order valence-corrected chi connectivity index (χ4v) is 6.16. The molecule has 0 amide bonds. The summed E-state index contributed by atoms with van der Waals surface area (Å²) in [6, 6.07) is 5.94. The van der Waals surface area contributed by atoms with Gasteiger partial charge in [-0.3, -0.25) is 4.68 Å². The van der Waals surface area contributed by atoms with Gasteiger partial charge in [0.1, 0.15) is 10.8 Å². The molecule has 3 aromatic rings. The largest absolute Gasteiger partial charge is 0.394 e. The maximum Gasteiger partial charge on any atom is 0.147 e. The van der Waals surface area contributed by atoms with Crippen LogP contribution < -0.4 is 4.90 Å². The summed E-state index contributed by atoms with van der Waals surface area (Å²) in [5.41, 5.74) is 2.14. The zero-order valence-corrected chi connectivity index (χ0v) is 21.1. The smallest absolute Gasteiger partial charge is 0.147 e. The molecule has 7 nitrogen and oxygen atoms in total. The standard InChI is InChI=1S/C25H30ClN5O2S/c1-17-18(2)33-16-25(17)6-8-30(9-7-25)22-13-28-23(14-27-22)34-21-5-3-4-20(24(21)26)19-12-29-31(15-19)10-11-32/h3-5,12-15,17-18,32H,6-11,16H2,1-2H3/t17-,18+/m1/s1. The average molecular weight is 500 g/mol. The molecule has 34 heavy (non-hydrogen) atoms. The van der Waals surface area contributed by atoms with E-state index in [-0.39, 0.29) is 6.61 Å². The van der Waals surface area contributed by atoms with Crippen molar-refractivity contribution in [3.8, 4) is 11.1 Å². The second-order valence-electron chi connectivity index (χ2n) is 9.30. The Morgan fingerprint density at radius 1 is 1.18 bits per heavy atom. The summed E-state index contributed by atoms with van der Waals surface area (Å²) in [6.07, 6.45) is 9.97. The average Bonchev–Trinajstić information content (AvgIpc) is 3.42. The number of nitrogens with zero attached hydrogens (tertiary/aromatic N) is 5. The first-order chi connectivity index (χ1) is 16.5. The second kappa shape index (κ2) is 9.85. The van der Waals surface area contributed by atoms with Crippen molar-refractivity contribution in [2.75, 3.05) is 31.2 Å². The first-order valence-electron chi connectivity index (χ1n) is 11.8. The van der Waals surface area contributed by atoms with E-state index in [4.69, 9.17) is 26.4 Å². The minimum absolute atomic E-state index is 0.0461. The lowest BCUT2D eigenvalue weighted by Gasteiger charge is -2.41. The van der Waals surface area contributed by atoms with E-state index in [0.29, 0.717) is 29.0 Å². The van der Waals surface area contributed by atoms with Crippen LogP contribution in [0.2, 0.25) is 5.02 Å². The first kappa shape index (κ1) is 23.6. The normalized spacial score (nSPS) is 21.9. The van der Waals surface area contributed by atoms with Crippen molar-refractivity contribution in [3.63, 3.8) is 0 Å². The van der Waals surface area contributed by atoms with Crippen molar-refractivity contribution >= 4 is 29.2 Å². The lowest BCUT2D eigenvalue weighted by Crippen LogP contribution is -2.44. The molecule has 0 aliphatic carbocycles. The van der Waals surface area contributed by atoms with Crippen molar-refractivity contribution < 1.29 is 9.84 Å². The number of hydrogen-bond acceptors (Lipinski definition) is 7. The summed E-state index contributed by atoms with van der Waals surface area (Å²) < 4.78 is 7.66. The molecule has 5 rings (SSSR count). The summed E-state index contributed by atoms with van der Waals surface area (Å²) in [7, 11) is 0. The number of piperidine rings is 1. The van der Waals surface area contributed by atoms with Gasteiger partial charge in [0.05, 0.1) is 49.5 Å². The maximum absolute atomic E-state index is 9.12. The molecule has 1 aromatic carbocycles. The van der Waals surface area contributed by atoms with E-state index in [9.17, 15) is 0 Å². The summed E-state index contributed by atoms with van der Waals surface area (Å²) in [6.45, 7) is 7.88. The van der Waals surface area contributed by atoms with Gasteiger partial charge in [0.15, 0.2) is 0 Å². The van der Waals surface area contributed by atoms with Crippen LogP contribution in [0.15, 0.2) is 52.9 Å².